The fourth-order valence-electron chi connectivity index (χ4n) is 3.49. The lowest BCUT2D eigenvalue weighted by Crippen LogP contribution is -2.31. The Morgan fingerprint density at radius 3 is 2.92 bits per heavy atom. The van der Waals surface area contributed by atoms with Crippen molar-refractivity contribution in [1.82, 2.24) is 15.0 Å². The number of amides is 1. The molecule has 0 saturated carbocycles. The summed E-state index contributed by atoms with van der Waals surface area (Å²) in [4.78, 5) is 18.6. The van der Waals surface area contributed by atoms with Crippen molar-refractivity contribution in [2.45, 2.75) is 44.6 Å². The van der Waals surface area contributed by atoms with E-state index in [0.29, 0.717) is 43.7 Å². The summed E-state index contributed by atoms with van der Waals surface area (Å²) in [5.41, 5.74) is 0. The van der Waals surface area contributed by atoms with Gasteiger partial charge in [0.2, 0.25) is 11.8 Å². The maximum absolute atomic E-state index is 12.3. The molecule has 1 aromatic heterocycles. The SMILES string of the molecule is COCCC(=O)N1CCCC1c1nc(CCOCC2CCOCC2)no1. The first-order chi connectivity index (χ1) is 12.8. The summed E-state index contributed by atoms with van der Waals surface area (Å²) < 4.78 is 21.5. The molecule has 1 atom stereocenters. The summed E-state index contributed by atoms with van der Waals surface area (Å²) >= 11 is 0. The minimum absolute atomic E-state index is 0.0777. The van der Waals surface area contributed by atoms with Gasteiger partial charge in [0.1, 0.15) is 6.04 Å². The van der Waals surface area contributed by atoms with Gasteiger partial charge >= 0.3 is 0 Å². The molecule has 0 spiro atoms. The van der Waals surface area contributed by atoms with Crippen molar-refractivity contribution in [2.75, 3.05) is 46.7 Å². The Balaban J connectivity index is 1.43. The van der Waals surface area contributed by atoms with Gasteiger partial charge in [-0.25, -0.2) is 0 Å². The molecule has 0 N–H and O–H groups in total. The van der Waals surface area contributed by atoms with Crippen molar-refractivity contribution in [1.29, 1.82) is 0 Å². The van der Waals surface area contributed by atoms with Crippen molar-refractivity contribution in [3.8, 4) is 0 Å². The first kappa shape index (κ1) is 19.3. The summed E-state index contributed by atoms with van der Waals surface area (Å²) in [5.74, 6) is 1.85. The molecule has 1 aromatic rings. The van der Waals surface area contributed by atoms with E-state index in [1.54, 1.807) is 7.11 Å². The summed E-state index contributed by atoms with van der Waals surface area (Å²) in [6, 6.07) is -0.108. The zero-order valence-electron chi connectivity index (χ0n) is 15.5. The molecular formula is C18H29N3O5. The molecule has 2 aliphatic heterocycles. The summed E-state index contributed by atoms with van der Waals surface area (Å²) in [6.07, 6.45) is 4.96. The molecule has 0 radical (unpaired) electrons. The number of nitrogens with zero attached hydrogens (tertiary/aromatic N) is 3. The van der Waals surface area contributed by atoms with Crippen LogP contribution < -0.4 is 0 Å². The monoisotopic (exact) mass is 367 g/mol. The Hall–Kier alpha value is -1.51. The van der Waals surface area contributed by atoms with E-state index in [1.165, 1.54) is 0 Å². The van der Waals surface area contributed by atoms with Crippen LogP contribution in [0.2, 0.25) is 0 Å². The Morgan fingerprint density at radius 2 is 2.12 bits per heavy atom. The van der Waals surface area contributed by atoms with Gasteiger partial charge in [-0.15, -0.1) is 0 Å². The van der Waals surface area contributed by atoms with E-state index < -0.39 is 0 Å². The van der Waals surface area contributed by atoms with Gasteiger partial charge < -0.3 is 23.6 Å². The molecule has 8 heteroatoms. The standard InChI is InChI=1S/C18H29N3O5/c1-23-9-7-17(22)21-8-2-3-15(21)18-19-16(20-26-18)6-12-25-13-14-4-10-24-11-5-14/h14-15H,2-13H2,1H3. The summed E-state index contributed by atoms with van der Waals surface area (Å²) in [7, 11) is 1.60. The second kappa shape index (κ2) is 9.99. The van der Waals surface area contributed by atoms with Crippen LogP contribution in [-0.2, 0) is 25.4 Å². The van der Waals surface area contributed by atoms with E-state index in [1.807, 2.05) is 4.90 Å². The first-order valence-corrected chi connectivity index (χ1v) is 9.54. The second-order valence-electron chi connectivity index (χ2n) is 6.92. The minimum Gasteiger partial charge on any atom is -0.384 e. The smallest absolute Gasteiger partial charge is 0.249 e. The molecule has 26 heavy (non-hydrogen) atoms. The lowest BCUT2D eigenvalue weighted by Gasteiger charge is -2.21. The lowest BCUT2D eigenvalue weighted by molar-refractivity contribution is -0.133. The fourth-order valence-corrected chi connectivity index (χ4v) is 3.49. The molecule has 2 aliphatic rings. The van der Waals surface area contributed by atoms with Gasteiger partial charge in [-0.05, 0) is 31.6 Å². The molecule has 3 heterocycles. The molecule has 146 valence electrons. The van der Waals surface area contributed by atoms with Crippen molar-refractivity contribution in [3.63, 3.8) is 0 Å². The molecular weight excluding hydrogens is 338 g/mol. The quantitative estimate of drug-likeness (QED) is 0.615. The molecule has 1 amide bonds. The van der Waals surface area contributed by atoms with E-state index >= 15 is 0 Å². The molecule has 0 aromatic carbocycles. The number of rotatable bonds is 9. The predicted octanol–water partition coefficient (Wildman–Crippen LogP) is 1.76. The van der Waals surface area contributed by atoms with Gasteiger partial charge in [-0.3, -0.25) is 4.79 Å². The highest BCUT2D eigenvalue weighted by atomic mass is 16.5. The van der Waals surface area contributed by atoms with Crippen LogP contribution in [0.25, 0.3) is 0 Å². The van der Waals surface area contributed by atoms with Crippen LogP contribution in [0.3, 0.4) is 0 Å². The van der Waals surface area contributed by atoms with Crippen molar-refractivity contribution in [3.05, 3.63) is 11.7 Å². The predicted molar refractivity (Wildman–Crippen MR) is 92.5 cm³/mol. The van der Waals surface area contributed by atoms with Crippen molar-refractivity contribution >= 4 is 5.91 Å². The Bertz CT molecular complexity index is 559. The van der Waals surface area contributed by atoms with E-state index in [4.69, 9.17) is 18.7 Å². The Labute approximate surface area is 154 Å². The average molecular weight is 367 g/mol. The Kier molecular flexibility index (Phi) is 7.40. The van der Waals surface area contributed by atoms with Crippen molar-refractivity contribution < 1.29 is 23.5 Å². The highest BCUT2D eigenvalue weighted by Crippen LogP contribution is 2.31. The summed E-state index contributed by atoms with van der Waals surface area (Å²) in [6.45, 7) is 4.18. The molecule has 0 bridgehead atoms. The van der Waals surface area contributed by atoms with E-state index in [9.17, 15) is 4.79 Å². The van der Waals surface area contributed by atoms with Crippen LogP contribution >= 0.6 is 0 Å². The number of methoxy groups -OCH3 is 1. The second-order valence-corrected chi connectivity index (χ2v) is 6.92. The third-order valence-electron chi connectivity index (χ3n) is 5.03. The number of aromatic nitrogens is 2. The van der Waals surface area contributed by atoms with E-state index in [-0.39, 0.29) is 11.9 Å². The van der Waals surface area contributed by atoms with Gasteiger partial charge in [-0.2, -0.15) is 4.98 Å². The Morgan fingerprint density at radius 1 is 1.27 bits per heavy atom. The highest BCUT2D eigenvalue weighted by Gasteiger charge is 2.33. The number of hydrogen-bond acceptors (Lipinski definition) is 7. The van der Waals surface area contributed by atoms with Crippen LogP contribution in [0.15, 0.2) is 4.52 Å². The number of ether oxygens (including phenoxy) is 3. The molecule has 3 rings (SSSR count). The van der Waals surface area contributed by atoms with Gasteiger partial charge in [0, 0.05) is 39.9 Å². The summed E-state index contributed by atoms with van der Waals surface area (Å²) in [5, 5.41) is 4.05. The van der Waals surface area contributed by atoms with E-state index in [0.717, 1.165) is 52.0 Å². The maximum Gasteiger partial charge on any atom is 0.249 e. The molecule has 2 fully saturated rings. The topological polar surface area (TPSA) is 86.9 Å². The van der Waals surface area contributed by atoms with Crippen LogP contribution in [0.1, 0.15) is 49.9 Å². The van der Waals surface area contributed by atoms with Crippen LogP contribution in [0.5, 0.6) is 0 Å². The van der Waals surface area contributed by atoms with Crippen LogP contribution in [-0.4, -0.2) is 67.6 Å². The molecule has 8 nitrogen and oxygen atoms in total. The normalized spacial score (nSPS) is 21.4. The number of carbonyl (C=O) groups is 1. The highest BCUT2D eigenvalue weighted by molar-refractivity contribution is 5.77. The largest absolute Gasteiger partial charge is 0.384 e. The van der Waals surface area contributed by atoms with E-state index in [2.05, 4.69) is 10.1 Å². The average Bonchev–Trinajstić information content (AvgIpc) is 3.33. The number of carbonyl (C=O) groups excluding carboxylic acids is 1. The van der Waals surface area contributed by atoms with Crippen LogP contribution in [0.4, 0.5) is 0 Å². The first-order valence-electron chi connectivity index (χ1n) is 9.54. The maximum atomic E-state index is 12.3. The van der Waals surface area contributed by atoms with Gasteiger partial charge in [0.05, 0.1) is 19.6 Å². The third-order valence-corrected chi connectivity index (χ3v) is 5.03. The van der Waals surface area contributed by atoms with Crippen molar-refractivity contribution in [2.24, 2.45) is 5.92 Å². The lowest BCUT2D eigenvalue weighted by atomic mass is 10.0. The number of hydrogen-bond donors (Lipinski definition) is 0. The number of likely N-dealkylation sites (tertiary alicyclic amines) is 1. The zero-order chi connectivity index (χ0) is 18.2. The fraction of sp³-hybridized carbons (Fsp3) is 0.833. The molecule has 0 aliphatic carbocycles. The third kappa shape index (κ3) is 5.25. The van der Waals surface area contributed by atoms with Gasteiger partial charge in [0.15, 0.2) is 5.82 Å². The van der Waals surface area contributed by atoms with Gasteiger partial charge in [-0.1, -0.05) is 5.16 Å². The molecule has 2 saturated heterocycles. The van der Waals surface area contributed by atoms with Gasteiger partial charge in [0.25, 0.3) is 0 Å². The zero-order valence-corrected chi connectivity index (χ0v) is 15.5. The minimum atomic E-state index is -0.108. The molecule has 1 unspecified atom stereocenters. The van der Waals surface area contributed by atoms with Crippen LogP contribution in [0, 0.1) is 5.92 Å².